The number of nitrogens with two attached hydrogens (primary N) is 1. The number of hydrogen-bond acceptors (Lipinski definition) is 7. The molecule has 0 saturated heterocycles. The summed E-state index contributed by atoms with van der Waals surface area (Å²) in [6.45, 7) is 0.127. The minimum Gasteiger partial charge on any atom is -0.454 e. The van der Waals surface area contributed by atoms with Crippen molar-refractivity contribution in [2.45, 2.75) is 5.92 Å². The Morgan fingerprint density at radius 1 is 1.16 bits per heavy atom. The normalized spacial score (nSPS) is 16.5. The van der Waals surface area contributed by atoms with Crippen molar-refractivity contribution in [1.29, 1.82) is 5.26 Å². The van der Waals surface area contributed by atoms with E-state index in [9.17, 15) is 10.1 Å². The Labute approximate surface area is 181 Å². The molecule has 32 heavy (non-hydrogen) atoms. The number of aromatic amines is 2. The molecule has 9 heteroatoms. The highest BCUT2D eigenvalue weighted by Crippen LogP contribution is 2.45. The lowest BCUT2D eigenvalue weighted by Gasteiger charge is -2.28. The van der Waals surface area contributed by atoms with Crippen molar-refractivity contribution in [2.75, 3.05) is 17.8 Å². The fraction of sp³-hybridized carbons (Fsp3) is 0.0870. The van der Waals surface area contributed by atoms with Crippen LogP contribution >= 0.6 is 0 Å². The number of nitrogens with one attached hydrogen (secondary N) is 3. The van der Waals surface area contributed by atoms with Crippen LogP contribution in [0.2, 0.25) is 0 Å². The van der Waals surface area contributed by atoms with Gasteiger partial charge in [-0.2, -0.15) is 10.2 Å². The van der Waals surface area contributed by atoms with Crippen LogP contribution in [0.3, 0.4) is 0 Å². The standard InChI is InChI=1S/C23H16N6O3/c24-8-13-18(11-5-6-16-17(7-11)32-10-31-16)19-21(28-23(25)29-22(19)30)27-20(13)14-9-26-15-4-2-1-3-12(14)15/h1-7,9,18,26H,10H2,(H4,25,27,28,29,30). The van der Waals surface area contributed by atoms with E-state index in [1.807, 2.05) is 36.5 Å². The largest absolute Gasteiger partial charge is 0.454 e. The van der Waals surface area contributed by atoms with Gasteiger partial charge in [-0.05, 0) is 23.8 Å². The zero-order valence-electron chi connectivity index (χ0n) is 16.6. The maximum Gasteiger partial charge on any atom is 0.258 e. The van der Waals surface area contributed by atoms with Crippen LogP contribution in [0.5, 0.6) is 11.5 Å². The summed E-state index contributed by atoms with van der Waals surface area (Å²) in [7, 11) is 0. The number of allylic oxidation sites excluding steroid dienone is 1. The fourth-order valence-electron chi connectivity index (χ4n) is 4.37. The quantitative estimate of drug-likeness (QED) is 0.387. The number of nitrogen functional groups attached to an aromatic ring is 1. The first kappa shape index (κ1) is 18.1. The van der Waals surface area contributed by atoms with E-state index in [4.69, 9.17) is 15.2 Å². The first-order valence-corrected chi connectivity index (χ1v) is 9.91. The van der Waals surface area contributed by atoms with Gasteiger partial charge in [0.05, 0.1) is 28.8 Å². The van der Waals surface area contributed by atoms with E-state index < -0.39 is 11.5 Å². The van der Waals surface area contributed by atoms with Gasteiger partial charge >= 0.3 is 0 Å². The molecule has 156 valence electrons. The second-order valence-corrected chi connectivity index (χ2v) is 7.53. The molecule has 5 N–H and O–H groups in total. The van der Waals surface area contributed by atoms with Gasteiger partial charge in [0.15, 0.2) is 11.5 Å². The van der Waals surface area contributed by atoms with E-state index in [-0.39, 0.29) is 12.7 Å². The number of H-pyrrole nitrogens is 2. The number of hydrogen-bond donors (Lipinski definition) is 4. The van der Waals surface area contributed by atoms with Crippen LogP contribution in [-0.2, 0) is 0 Å². The summed E-state index contributed by atoms with van der Waals surface area (Å²) < 4.78 is 10.9. The first-order chi connectivity index (χ1) is 15.6. The molecule has 2 aliphatic rings. The molecule has 9 nitrogen and oxygen atoms in total. The molecule has 0 bridgehead atoms. The van der Waals surface area contributed by atoms with Crippen molar-refractivity contribution < 1.29 is 9.47 Å². The summed E-state index contributed by atoms with van der Waals surface area (Å²) >= 11 is 0. The van der Waals surface area contributed by atoms with Gasteiger partial charge in [-0.3, -0.25) is 9.78 Å². The number of nitriles is 1. The molecule has 0 spiro atoms. The Kier molecular flexibility index (Phi) is 3.76. The van der Waals surface area contributed by atoms with Gasteiger partial charge in [0, 0.05) is 22.7 Å². The summed E-state index contributed by atoms with van der Waals surface area (Å²) in [5.74, 6) is 0.809. The number of anilines is 2. The van der Waals surface area contributed by atoms with E-state index in [2.05, 4.69) is 26.3 Å². The molecular formula is C23H16N6O3. The molecule has 0 amide bonds. The summed E-state index contributed by atoms with van der Waals surface area (Å²) in [5, 5.41) is 14.4. The minimum absolute atomic E-state index is 0.00984. The molecule has 1 atom stereocenters. The van der Waals surface area contributed by atoms with Crippen molar-refractivity contribution in [1.82, 2.24) is 15.0 Å². The predicted octanol–water partition coefficient (Wildman–Crippen LogP) is 3.05. The average Bonchev–Trinajstić information content (AvgIpc) is 3.44. The molecule has 0 saturated carbocycles. The third kappa shape index (κ3) is 2.56. The van der Waals surface area contributed by atoms with Gasteiger partial charge in [0.1, 0.15) is 5.82 Å². The second-order valence-electron chi connectivity index (χ2n) is 7.53. The number of rotatable bonds is 2. The van der Waals surface area contributed by atoms with Crippen LogP contribution < -0.4 is 26.1 Å². The average molecular weight is 424 g/mol. The lowest BCUT2D eigenvalue weighted by molar-refractivity contribution is 0.174. The smallest absolute Gasteiger partial charge is 0.258 e. The van der Waals surface area contributed by atoms with E-state index in [0.29, 0.717) is 39.7 Å². The highest BCUT2D eigenvalue weighted by molar-refractivity contribution is 5.98. The number of para-hydroxylation sites is 1. The van der Waals surface area contributed by atoms with Crippen LogP contribution in [0.1, 0.15) is 22.6 Å². The lowest BCUT2D eigenvalue weighted by atomic mass is 9.81. The Bertz CT molecular complexity index is 1540. The van der Waals surface area contributed by atoms with E-state index >= 15 is 0 Å². The number of aromatic nitrogens is 3. The molecule has 1 unspecified atom stereocenters. The summed E-state index contributed by atoms with van der Waals surface area (Å²) in [5.41, 5.74) is 9.14. The van der Waals surface area contributed by atoms with Crippen LogP contribution in [0.15, 0.2) is 59.0 Å². The van der Waals surface area contributed by atoms with Crippen LogP contribution in [-0.4, -0.2) is 21.7 Å². The minimum atomic E-state index is -0.675. The molecule has 0 radical (unpaired) electrons. The fourth-order valence-corrected chi connectivity index (χ4v) is 4.37. The highest BCUT2D eigenvalue weighted by atomic mass is 16.7. The third-order valence-electron chi connectivity index (χ3n) is 5.77. The van der Waals surface area contributed by atoms with Crippen molar-refractivity contribution in [3.63, 3.8) is 0 Å². The number of nitrogens with zero attached hydrogens (tertiary/aromatic N) is 2. The van der Waals surface area contributed by atoms with Crippen molar-refractivity contribution in [3.05, 3.63) is 81.3 Å². The molecular weight excluding hydrogens is 408 g/mol. The maximum absolute atomic E-state index is 13.0. The SMILES string of the molecule is N#CC1=C(c2c[nH]c3ccccc23)Nc2nc(N)[nH]c(=O)c2C1c1ccc2c(c1)OCO2. The Morgan fingerprint density at radius 2 is 2.00 bits per heavy atom. The highest BCUT2D eigenvalue weighted by Gasteiger charge is 2.35. The van der Waals surface area contributed by atoms with E-state index in [0.717, 1.165) is 16.5 Å². The topological polar surface area (TPSA) is 142 Å². The first-order valence-electron chi connectivity index (χ1n) is 9.91. The molecule has 2 aromatic carbocycles. The molecule has 2 aromatic heterocycles. The van der Waals surface area contributed by atoms with Crippen LogP contribution in [0.4, 0.5) is 11.8 Å². The lowest BCUT2D eigenvalue weighted by Crippen LogP contribution is -2.28. The third-order valence-corrected chi connectivity index (χ3v) is 5.77. The van der Waals surface area contributed by atoms with Crippen LogP contribution in [0, 0.1) is 11.3 Å². The monoisotopic (exact) mass is 424 g/mol. The zero-order chi connectivity index (χ0) is 21.8. The molecule has 2 aliphatic heterocycles. The number of ether oxygens (including phenoxy) is 2. The molecule has 0 fully saturated rings. The van der Waals surface area contributed by atoms with E-state index in [1.165, 1.54) is 0 Å². The Balaban J connectivity index is 1.65. The number of benzene rings is 2. The predicted molar refractivity (Wildman–Crippen MR) is 118 cm³/mol. The number of fused-ring (bicyclic) bond motifs is 3. The van der Waals surface area contributed by atoms with Gasteiger partial charge in [-0.15, -0.1) is 0 Å². The molecule has 4 heterocycles. The molecule has 6 rings (SSSR count). The van der Waals surface area contributed by atoms with Crippen LogP contribution in [0.25, 0.3) is 16.6 Å². The van der Waals surface area contributed by atoms with Crippen molar-refractivity contribution in [2.24, 2.45) is 0 Å². The summed E-state index contributed by atoms with van der Waals surface area (Å²) in [6, 6.07) is 15.5. The van der Waals surface area contributed by atoms with Gasteiger partial charge in [-0.25, -0.2) is 0 Å². The maximum atomic E-state index is 13.0. The molecule has 0 aliphatic carbocycles. The van der Waals surface area contributed by atoms with E-state index in [1.54, 1.807) is 12.1 Å². The molecule has 4 aromatic rings. The second kappa shape index (κ2) is 6.65. The van der Waals surface area contributed by atoms with Gasteiger partial charge < -0.3 is 25.5 Å². The summed E-state index contributed by atoms with van der Waals surface area (Å²) in [4.78, 5) is 23.1. The van der Waals surface area contributed by atoms with Gasteiger partial charge in [0.2, 0.25) is 12.7 Å². The Morgan fingerprint density at radius 3 is 2.88 bits per heavy atom. The zero-order valence-corrected chi connectivity index (χ0v) is 16.6. The van der Waals surface area contributed by atoms with Crippen molar-refractivity contribution >= 4 is 28.4 Å². The van der Waals surface area contributed by atoms with Gasteiger partial charge in [0.25, 0.3) is 5.56 Å². The summed E-state index contributed by atoms with van der Waals surface area (Å²) in [6.07, 6.45) is 1.84. The van der Waals surface area contributed by atoms with Crippen molar-refractivity contribution in [3.8, 4) is 17.6 Å². The van der Waals surface area contributed by atoms with Gasteiger partial charge in [-0.1, -0.05) is 24.3 Å². The Hall–Kier alpha value is -4.71.